The van der Waals surface area contributed by atoms with E-state index in [2.05, 4.69) is 24.9 Å². The van der Waals surface area contributed by atoms with Gasteiger partial charge in [0.25, 0.3) is 0 Å². The van der Waals surface area contributed by atoms with E-state index < -0.39 is 0 Å². The van der Waals surface area contributed by atoms with Crippen LogP contribution in [-0.4, -0.2) is 48.1 Å². The number of anilines is 1. The van der Waals surface area contributed by atoms with Gasteiger partial charge in [0.2, 0.25) is 11.9 Å². The van der Waals surface area contributed by atoms with Crippen molar-refractivity contribution in [2.45, 2.75) is 31.7 Å². The highest BCUT2D eigenvalue weighted by Gasteiger charge is 2.22. The maximum Gasteiger partial charge on any atom is 0.306 e. The van der Waals surface area contributed by atoms with Crippen molar-refractivity contribution in [3.63, 3.8) is 0 Å². The van der Waals surface area contributed by atoms with Crippen LogP contribution in [0, 0.1) is 0 Å². The molecule has 1 amide bonds. The normalized spacial score (nSPS) is 15.6. The fourth-order valence-corrected chi connectivity index (χ4v) is 2.30. The van der Waals surface area contributed by atoms with Crippen LogP contribution in [0.25, 0.3) is 0 Å². The lowest BCUT2D eigenvalue weighted by Crippen LogP contribution is -2.45. The van der Waals surface area contributed by atoms with Gasteiger partial charge in [-0.3, -0.25) is 9.59 Å². The fourth-order valence-electron chi connectivity index (χ4n) is 2.30. The Labute approximate surface area is 123 Å². The number of esters is 1. The molecule has 1 aliphatic rings. The van der Waals surface area contributed by atoms with Crippen LogP contribution in [0.1, 0.15) is 25.7 Å². The molecule has 21 heavy (non-hydrogen) atoms. The molecule has 114 valence electrons. The molecule has 7 nitrogen and oxygen atoms in total. The number of amides is 1. The molecule has 0 spiro atoms. The Morgan fingerprint density at radius 3 is 2.57 bits per heavy atom. The van der Waals surface area contributed by atoms with Gasteiger partial charge in [-0.25, -0.2) is 9.97 Å². The van der Waals surface area contributed by atoms with E-state index in [1.54, 1.807) is 18.5 Å². The number of nitrogens with zero attached hydrogens (tertiary/aromatic N) is 3. The Bertz CT molecular complexity index is 472. The fraction of sp³-hybridized carbons (Fsp3) is 0.571. The predicted octanol–water partition coefficient (Wildman–Crippen LogP) is 0.515. The van der Waals surface area contributed by atoms with Gasteiger partial charge in [-0.1, -0.05) is 0 Å². The SMILES string of the molecule is COC(=O)CCC(=O)NC1CCN(c2ncccn2)CC1. The first-order chi connectivity index (χ1) is 10.2. The van der Waals surface area contributed by atoms with E-state index in [1.165, 1.54) is 7.11 Å². The first-order valence-corrected chi connectivity index (χ1v) is 7.07. The number of methoxy groups -OCH3 is 1. The zero-order valence-corrected chi connectivity index (χ0v) is 12.1. The van der Waals surface area contributed by atoms with Crippen LogP contribution in [0.3, 0.4) is 0 Å². The monoisotopic (exact) mass is 292 g/mol. The number of rotatable bonds is 5. The highest BCUT2D eigenvalue weighted by Crippen LogP contribution is 2.15. The second kappa shape index (κ2) is 7.56. The third-order valence-corrected chi connectivity index (χ3v) is 3.48. The summed E-state index contributed by atoms with van der Waals surface area (Å²) in [5.41, 5.74) is 0. The average molecular weight is 292 g/mol. The van der Waals surface area contributed by atoms with Crippen molar-refractivity contribution in [3.8, 4) is 0 Å². The Morgan fingerprint density at radius 1 is 1.29 bits per heavy atom. The van der Waals surface area contributed by atoms with Gasteiger partial charge in [0.15, 0.2) is 0 Å². The minimum absolute atomic E-state index is 0.102. The van der Waals surface area contributed by atoms with E-state index in [0.29, 0.717) is 0 Å². The largest absolute Gasteiger partial charge is 0.469 e. The number of hydrogen-bond donors (Lipinski definition) is 1. The molecule has 1 saturated heterocycles. The quantitative estimate of drug-likeness (QED) is 0.796. The van der Waals surface area contributed by atoms with Crippen LogP contribution in [0.4, 0.5) is 5.95 Å². The van der Waals surface area contributed by atoms with Crippen molar-refractivity contribution >= 4 is 17.8 Å². The summed E-state index contributed by atoms with van der Waals surface area (Å²) in [5.74, 6) is 0.268. The molecule has 1 aromatic rings. The Kier molecular flexibility index (Phi) is 5.48. The van der Waals surface area contributed by atoms with E-state index in [-0.39, 0.29) is 30.8 Å². The minimum atomic E-state index is -0.360. The summed E-state index contributed by atoms with van der Waals surface area (Å²) in [6, 6.07) is 1.94. The van der Waals surface area contributed by atoms with Gasteiger partial charge >= 0.3 is 5.97 Å². The van der Waals surface area contributed by atoms with Crippen LogP contribution in [0.2, 0.25) is 0 Å². The van der Waals surface area contributed by atoms with Crippen molar-refractivity contribution in [3.05, 3.63) is 18.5 Å². The predicted molar refractivity (Wildman–Crippen MR) is 76.7 cm³/mol. The molecule has 2 heterocycles. The number of ether oxygens (including phenoxy) is 1. The standard InChI is InChI=1S/C14H20N4O3/c1-21-13(20)4-3-12(19)17-11-5-9-18(10-6-11)14-15-7-2-8-16-14/h2,7-8,11H,3-6,9-10H2,1H3,(H,17,19). The lowest BCUT2D eigenvalue weighted by atomic mass is 10.1. The molecule has 1 N–H and O–H groups in total. The minimum Gasteiger partial charge on any atom is -0.469 e. The van der Waals surface area contributed by atoms with Gasteiger partial charge < -0.3 is 15.0 Å². The summed E-state index contributed by atoms with van der Waals surface area (Å²) in [6.45, 7) is 1.62. The van der Waals surface area contributed by atoms with E-state index in [1.807, 2.05) is 0 Å². The van der Waals surface area contributed by atoms with Crippen LogP contribution in [0.5, 0.6) is 0 Å². The zero-order valence-electron chi connectivity index (χ0n) is 12.1. The molecule has 2 rings (SSSR count). The zero-order chi connectivity index (χ0) is 15.1. The lowest BCUT2D eigenvalue weighted by Gasteiger charge is -2.32. The molecule has 1 aliphatic heterocycles. The molecule has 0 aromatic carbocycles. The van der Waals surface area contributed by atoms with Crippen LogP contribution < -0.4 is 10.2 Å². The van der Waals surface area contributed by atoms with Crippen molar-refractivity contribution in [1.82, 2.24) is 15.3 Å². The maximum absolute atomic E-state index is 11.7. The third-order valence-electron chi connectivity index (χ3n) is 3.48. The molecule has 1 aromatic heterocycles. The summed E-state index contributed by atoms with van der Waals surface area (Å²) in [5, 5.41) is 2.96. The summed E-state index contributed by atoms with van der Waals surface area (Å²) in [7, 11) is 1.32. The highest BCUT2D eigenvalue weighted by atomic mass is 16.5. The lowest BCUT2D eigenvalue weighted by molar-refractivity contribution is -0.142. The molecule has 0 radical (unpaired) electrons. The molecule has 0 saturated carbocycles. The average Bonchev–Trinajstić information content (AvgIpc) is 2.54. The van der Waals surface area contributed by atoms with E-state index in [0.717, 1.165) is 31.9 Å². The first-order valence-electron chi connectivity index (χ1n) is 7.07. The molecular formula is C14H20N4O3. The van der Waals surface area contributed by atoms with E-state index in [9.17, 15) is 9.59 Å². The van der Waals surface area contributed by atoms with Gasteiger partial charge in [0.1, 0.15) is 0 Å². The van der Waals surface area contributed by atoms with Crippen molar-refractivity contribution in [2.24, 2.45) is 0 Å². The molecule has 0 bridgehead atoms. The van der Waals surface area contributed by atoms with Crippen LogP contribution in [0.15, 0.2) is 18.5 Å². The van der Waals surface area contributed by atoms with Gasteiger partial charge in [0.05, 0.1) is 13.5 Å². The van der Waals surface area contributed by atoms with Gasteiger partial charge in [-0.15, -0.1) is 0 Å². The van der Waals surface area contributed by atoms with Crippen LogP contribution in [-0.2, 0) is 14.3 Å². The van der Waals surface area contributed by atoms with Crippen molar-refractivity contribution in [2.75, 3.05) is 25.1 Å². The Hall–Kier alpha value is -2.18. The summed E-state index contributed by atoms with van der Waals surface area (Å²) < 4.78 is 4.51. The second-order valence-corrected chi connectivity index (χ2v) is 4.95. The molecule has 0 atom stereocenters. The first kappa shape index (κ1) is 15.2. The van der Waals surface area contributed by atoms with Gasteiger partial charge in [-0.05, 0) is 18.9 Å². The van der Waals surface area contributed by atoms with Gasteiger partial charge in [-0.2, -0.15) is 0 Å². The number of piperidine rings is 1. The number of aromatic nitrogens is 2. The van der Waals surface area contributed by atoms with Gasteiger partial charge in [0, 0.05) is 37.9 Å². The Morgan fingerprint density at radius 2 is 1.95 bits per heavy atom. The smallest absolute Gasteiger partial charge is 0.306 e. The second-order valence-electron chi connectivity index (χ2n) is 4.95. The molecule has 7 heteroatoms. The third kappa shape index (κ3) is 4.70. The Balaban J connectivity index is 1.72. The van der Waals surface area contributed by atoms with E-state index >= 15 is 0 Å². The summed E-state index contributed by atoms with van der Waals surface area (Å²) in [4.78, 5) is 33.3. The van der Waals surface area contributed by atoms with Crippen molar-refractivity contribution < 1.29 is 14.3 Å². The number of carbonyl (C=O) groups is 2. The summed E-state index contributed by atoms with van der Waals surface area (Å²) >= 11 is 0. The van der Waals surface area contributed by atoms with E-state index in [4.69, 9.17) is 0 Å². The highest BCUT2D eigenvalue weighted by molar-refractivity contribution is 5.81. The molecule has 0 unspecified atom stereocenters. The topological polar surface area (TPSA) is 84.4 Å². The van der Waals surface area contributed by atoms with Crippen molar-refractivity contribution in [1.29, 1.82) is 0 Å². The summed E-state index contributed by atoms with van der Waals surface area (Å²) in [6.07, 6.45) is 5.45. The number of carbonyl (C=O) groups excluding carboxylic acids is 2. The number of nitrogens with one attached hydrogen (secondary N) is 1. The molecule has 1 fully saturated rings. The van der Waals surface area contributed by atoms with Crippen LogP contribution >= 0.6 is 0 Å². The number of hydrogen-bond acceptors (Lipinski definition) is 6. The molecule has 0 aliphatic carbocycles. The maximum atomic E-state index is 11.7. The molecular weight excluding hydrogens is 272 g/mol.